The van der Waals surface area contributed by atoms with Crippen molar-refractivity contribution >= 4 is 17.4 Å². The smallest absolute Gasteiger partial charge is 0.142 e. The molecule has 1 aromatic carbocycles. The van der Waals surface area contributed by atoms with Gasteiger partial charge in [-0.25, -0.2) is 4.39 Å². The normalized spacial score (nSPS) is 10.1. The lowest BCUT2D eigenvalue weighted by atomic mass is 10.1. The van der Waals surface area contributed by atoms with E-state index in [-0.39, 0.29) is 28.5 Å². The summed E-state index contributed by atoms with van der Waals surface area (Å²) in [5.74, 6) is -0.922. The van der Waals surface area contributed by atoms with E-state index in [1.54, 1.807) is 0 Å². The molecular formula is C9H8ClFO2. The second kappa shape index (κ2) is 3.75. The first-order valence-electron chi connectivity index (χ1n) is 3.67. The van der Waals surface area contributed by atoms with Crippen LogP contribution < -0.4 is 0 Å². The van der Waals surface area contributed by atoms with Crippen LogP contribution in [0.3, 0.4) is 0 Å². The Labute approximate surface area is 80.0 Å². The molecule has 1 N–H and O–H groups in total. The zero-order chi connectivity index (χ0) is 10.0. The van der Waals surface area contributed by atoms with Gasteiger partial charge in [-0.1, -0.05) is 11.6 Å². The van der Waals surface area contributed by atoms with Gasteiger partial charge in [0, 0.05) is 18.1 Å². The summed E-state index contributed by atoms with van der Waals surface area (Å²) in [6, 6.07) is 2.16. The Morgan fingerprint density at radius 3 is 2.77 bits per heavy atom. The predicted molar refractivity (Wildman–Crippen MR) is 47.5 cm³/mol. The molecule has 70 valence electrons. The molecule has 0 amide bonds. The molecule has 0 saturated carbocycles. The number of halogens is 2. The summed E-state index contributed by atoms with van der Waals surface area (Å²) in [7, 11) is 0. The zero-order valence-electron chi connectivity index (χ0n) is 6.97. The maximum atomic E-state index is 12.9. The molecule has 2 nitrogen and oxygen atoms in total. The molecule has 13 heavy (non-hydrogen) atoms. The average Bonchev–Trinajstić information content (AvgIpc) is 1.99. The van der Waals surface area contributed by atoms with Crippen LogP contribution in [-0.2, 0) is 11.2 Å². The molecule has 0 atom stereocenters. The van der Waals surface area contributed by atoms with E-state index in [4.69, 9.17) is 11.6 Å². The number of carbonyl (C=O) groups excluding carboxylic acids is 1. The van der Waals surface area contributed by atoms with Crippen LogP contribution >= 0.6 is 11.6 Å². The molecule has 0 radical (unpaired) electrons. The van der Waals surface area contributed by atoms with Crippen molar-refractivity contribution in [3.05, 3.63) is 28.5 Å². The highest BCUT2D eigenvalue weighted by atomic mass is 35.5. The summed E-state index contributed by atoms with van der Waals surface area (Å²) in [5.41, 5.74) is 0.259. The van der Waals surface area contributed by atoms with Crippen molar-refractivity contribution in [3.63, 3.8) is 0 Å². The molecule has 0 bridgehead atoms. The molecule has 0 heterocycles. The van der Waals surface area contributed by atoms with Gasteiger partial charge in [0.25, 0.3) is 0 Å². The van der Waals surface area contributed by atoms with Crippen molar-refractivity contribution in [1.29, 1.82) is 0 Å². The van der Waals surface area contributed by atoms with E-state index in [0.717, 1.165) is 12.1 Å². The number of aromatic hydroxyl groups is 1. The second-order valence-electron chi connectivity index (χ2n) is 2.77. The summed E-state index contributed by atoms with van der Waals surface area (Å²) in [6.45, 7) is 1.37. The Balaban J connectivity index is 3.08. The summed E-state index contributed by atoms with van der Waals surface area (Å²) >= 11 is 5.40. The van der Waals surface area contributed by atoms with Crippen molar-refractivity contribution in [2.45, 2.75) is 13.3 Å². The first-order chi connectivity index (χ1) is 6.00. The van der Waals surface area contributed by atoms with Crippen molar-refractivity contribution in [2.75, 3.05) is 0 Å². The molecule has 1 rings (SSSR count). The molecule has 0 spiro atoms. The first-order valence-corrected chi connectivity index (χ1v) is 4.05. The number of ketones is 1. The number of benzene rings is 1. The minimum absolute atomic E-state index is 0.0138. The van der Waals surface area contributed by atoms with E-state index in [0.29, 0.717) is 0 Å². The van der Waals surface area contributed by atoms with Crippen molar-refractivity contribution in [1.82, 2.24) is 0 Å². The van der Waals surface area contributed by atoms with Gasteiger partial charge in [-0.3, -0.25) is 4.79 Å². The quantitative estimate of drug-likeness (QED) is 0.799. The number of phenols is 1. The fourth-order valence-electron chi connectivity index (χ4n) is 0.987. The molecule has 0 fully saturated rings. The third-order valence-electron chi connectivity index (χ3n) is 1.56. The number of hydrogen-bond donors (Lipinski definition) is 1. The fraction of sp³-hybridized carbons (Fsp3) is 0.222. The van der Waals surface area contributed by atoms with Crippen LogP contribution in [0.2, 0.25) is 5.02 Å². The highest BCUT2D eigenvalue weighted by Gasteiger charge is 2.08. The zero-order valence-corrected chi connectivity index (χ0v) is 7.73. The number of carbonyl (C=O) groups is 1. The van der Waals surface area contributed by atoms with Crippen molar-refractivity contribution in [2.24, 2.45) is 0 Å². The van der Waals surface area contributed by atoms with Crippen LogP contribution in [0.15, 0.2) is 12.1 Å². The van der Waals surface area contributed by atoms with Crippen molar-refractivity contribution in [3.8, 4) is 5.75 Å². The molecule has 1 aromatic rings. The van der Waals surface area contributed by atoms with E-state index < -0.39 is 5.82 Å². The Hall–Kier alpha value is -1.09. The molecule has 4 heteroatoms. The summed E-state index contributed by atoms with van der Waals surface area (Å²) in [5, 5.41) is 9.11. The van der Waals surface area contributed by atoms with Gasteiger partial charge in [-0.05, 0) is 13.0 Å². The van der Waals surface area contributed by atoms with Gasteiger partial charge < -0.3 is 5.11 Å². The lowest BCUT2D eigenvalue weighted by Crippen LogP contribution is -1.97. The van der Waals surface area contributed by atoms with Crippen LogP contribution in [0.4, 0.5) is 4.39 Å². The number of Topliss-reactive ketones (excluding diaryl/α,β-unsaturated/α-hetero) is 1. The average molecular weight is 203 g/mol. The van der Waals surface area contributed by atoms with Gasteiger partial charge in [0.2, 0.25) is 0 Å². The summed E-state index contributed by atoms with van der Waals surface area (Å²) in [6.07, 6.45) is 0.0138. The lowest BCUT2D eigenvalue weighted by molar-refractivity contribution is -0.116. The molecule has 0 aliphatic heterocycles. The summed E-state index contributed by atoms with van der Waals surface area (Å²) < 4.78 is 12.9. The minimum atomic E-state index is -0.629. The SMILES string of the molecule is CC(=O)Cc1cc(F)c(Cl)cc1O. The monoisotopic (exact) mass is 202 g/mol. The lowest BCUT2D eigenvalue weighted by Gasteiger charge is -2.03. The maximum Gasteiger partial charge on any atom is 0.142 e. The molecule has 0 aromatic heterocycles. The second-order valence-corrected chi connectivity index (χ2v) is 3.18. The Kier molecular flexibility index (Phi) is 2.88. The van der Waals surface area contributed by atoms with Gasteiger partial charge in [0.1, 0.15) is 17.3 Å². The largest absolute Gasteiger partial charge is 0.508 e. The van der Waals surface area contributed by atoms with E-state index in [1.165, 1.54) is 6.92 Å². The topological polar surface area (TPSA) is 37.3 Å². The van der Waals surface area contributed by atoms with Gasteiger partial charge in [0.15, 0.2) is 0 Å². The van der Waals surface area contributed by atoms with E-state index >= 15 is 0 Å². The van der Waals surface area contributed by atoms with Gasteiger partial charge >= 0.3 is 0 Å². The minimum Gasteiger partial charge on any atom is -0.508 e. The van der Waals surface area contributed by atoms with Gasteiger partial charge in [-0.15, -0.1) is 0 Å². The predicted octanol–water partition coefficient (Wildman–Crippen LogP) is 2.32. The maximum absolute atomic E-state index is 12.9. The van der Waals surface area contributed by atoms with Crippen LogP contribution in [0.5, 0.6) is 5.75 Å². The van der Waals surface area contributed by atoms with Crippen LogP contribution in [-0.4, -0.2) is 10.9 Å². The molecule has 0 saturated heterocycles. The van der Waals surface area contributed by atoms with Crippen LogP contribution in [0.25, 0.3) is 0 Å². The van der Waals surface area contributed by atoms with Crippen LogP contribution in [0.1, 0.15) is 12.5 Å². The van der Waals surface area contributed by atoms with Gasteiger partial charge in [-0.2, -0.15) is 0 Å². The number of phenolic OH excluding ortho intramolecular Hbond substituents is 1. The van der Waals surface area contributed by atoms with Crippen molar-refractivity contribution < 1.29 is 14.3 Å². The Bertz CT molecular complexity index is 350. The molecule has 0 unspecified atom stereocenters. The number of hydrogen-bond acceptors (Lipinski definition) is 2. The van der Waals surface area contributed by atoms with E-state index in [2.05, 4.69) is 0 Å². The summed E-state index contributed by atoms with van der Waals surface area (Å²) in [4.78, 5) is 10.7. The third kappa shape index (κ3) is 2.42. The fourth-order valence-corrected chi connectivity index (χ4v) is 1.15. The molecular weight excluding hydrogens is 195 g/mol. The Morgan fingerprint density at radius 1 is 1.62 bits per heavy atom. The van der Waals surface area contributed by atoms with E-state index in [9.17, 15) is 14.3 Å². The molecule has 0 aliphatic rings. The first kappa shape index (κ1) is 9.99. The Morgan fingerprint density at radius 2 is 2.23 bits per heavy atom. The van der Waals surface area contributed by atoms with Gasteiger partial charge in [0.05, 0.1) is 5.02 Å². The highest BCUT2D eigenvalue weighted by molar-refractivity contribution is 6.30. The standard InChI is InChI=1S/C9H8ClFO2/c1-5(12)2-6-3-8(11)7(10)4-9(6)13/h3-4,13H,2H2,1H3. The highest BCUT2D eigenvalue weighted by Crippen LogP contribution is 2.25. The number of rotatable bonds is 2. The molecule has 0 aliphatic carbocycles. The van der Waals surface area contributed by atoms with E-state index in [1.807, 2.05) is 0 Å². The third-order valence-corrected chi connectivity index (χ3v) is 1.85. The van der Waals surface area contributed by atoms with Crippen LogP contribution in [0, 0.1) is 5.82 Å².